The van der Waals surface area contributed by atoms with Gasteiger partial charge < -0.3 is 9.53 Å². The van der Waals surface area contributed by atoms with Crippen LogP contribution in [0.1, 0.15) is 48.6 Å². The Morgan fingerprint density at radius 3 is 2.16 bits per heavy atom. The van der Waals surface area contributed by atoms with Gasteiger partial charge in [0.05, 0.1) is 6.61 Å². The Bertz CT molecular complexity index is 731. The third-order valence-corrected chi connectivity index (χ3v) is 5.33. The van der Waals surface area contributed by atoms with Crippen LogP contribution in [-0.2, 0) is 15.4 Å². The predicted molar refractivity (Wildman–Crippen MR) is 107 cm³/mol. The maximum Gasteiger partial charge on any atom is 0.205 e. The second-order valence-corrected chi connectivity index (χ2v) is 10.3. The van der Waals surface area contributed by atoms with Crippen LogP contribution < -0.4 is 0 Å². The van der Waals surface area contributed by atoms with Crippen molar-refractivity contribution in [2.75, 3.05) is 6.61 Å². The van der Waals surface area contributed by atoms with Gasteiger partial charge in [-0.25, -0.2) is 0 Å². The number of rotatable bonds is 5. The molecule has 1 radical (unpaired) electrons. The average Bonchev–Trinajstić information content (AvgIpc) is 2.51. The van der Waals surface area contributed by atoms with Gasteiger partial charge in [-0.2, -0.15) is 0 Å². The highest BCUT2D eigenvalue weighted by Crippen LogP contribution is 2.35. The number of hydrogen-bond acceptors (Lipinski definition) is 2. The number of hydrogen-bond donors (Lipinski definition) is 1. The van der Waals surface area contributed by atoms with Crippen molar-refractivity contribution in [1.29, 1.82) is 0 Å². The molecule has 0 aliphatic carbocycles. The zero-order valence-corrected chi connectivity index (χ0v) is 17.6. The SMILES string of the molecule is Cc1cccc(C(O)(CO[Si](C)C)c2ccc(C(C)(C)C)cc2C)c1. The first-order valence-corrected chi connectivity index (χ1v) is 11.3. The summed E-state index contributed by atoms with van der Waals surface area (Å²) in [5.74, 6) is 0. The van der Waals surface area contributed by atoms with E-state index in [0.29, 0.717) is 0 Å². The van der Waals surface area contributed by atoms with Crippen LogP contribution in [0.3, 0.4) is 0 Å². The summed E-state index contributed by atoms with van der Waals surface area (Å²) in [5, 5.41) is 11.7. The van der Waals surface area contributed by atoms with Crippen molar-refractivity contribution in [3.63, 3.8) is 0 Å². The van der Waals surface area contributed by atoms with E-state index >= 15 is 0 Å². The first kappa shape index (κ1) is 19.9. The van der Waals surface area contributed by atoms with E-state index in [0.717, 1.165) is 22.3 Å². The molecule has 0 spiro atoms. The normalized spacial score (nSPS) is 14.6. The van der Waals surface area contributed by atoms with E-state index in [-0.39, 0.29) is 12.0 Å². The van der Waals surface area contributed by atoms with Gasteiger partial charge in [0, 0.05) is 0 Å². The van der Waals surface area contributed by atoms with Crippen molar-refractivity contribution in [2.24, 2.45) is 0 Å². The topological polar surface area (TPSA) is 29.5 Å². The van der Waals surface area contributed by atoms with Crippen LogP contribution in [0, 0.1) is 13.8 Å². The molecule has 0 heterocycles. The molecular weight excluding hydrogens is 324 g/mol. The minimum atomic E-state index is -1.13. The van der Waals surface area contributed by atoms with Crippen LogP contribution in [0.5, 0.6) is 0 Å². The number of aliphatic hydroxyl groups is 1. The second-order valence-electron chi connectivity index (χ2n) is 8.21. The quantitative estimate of drug-likeness (QED) is 0.756. The van der Waals surface area contributed by atoms with Crippen molar-refractivity contribution in [2.45, 2.75) is 58.7 Å². The lowest BCUT2D eigenvalue weighted by molar-refractivity contribution is 0.0265. The molecule has 2 aromatic rings. The molecule has 0 fully saturated rings. The molecule has 135 valence electrons. The maximum absolute atomic E-state index is 11.7. The lowest BCUT2D eigenvalue weighted by Crippen LogP contribution is -2.36. The molecule has 0 aromatic heterocycles. The van der Waals surface area contributed by atoms with Crippen LogP contribution in [0.2, 0.25) is 13.1 Å². The molecule has 0 aliphatic rings. The van der Waals surface area contributed by atoms with Crippen molar-refractivity contribution >= 4 is 9.04 Å². The Labute approximate surface area is 154 Å². The van der Waals surface area contributed by atoms with Gasteiger partial charge >= 0.3 is 0 Å². The van der Waals surface area contributed by atoms with Crippen molar-refractivity contribution in [3.05, 3.63) is 70.3 Å². The zero-order valence-electron chi connectivity index (χ0n) is 16.6. The van der Waals surface area contributed by atoms with Crippen LogP contribution in [0.25, 0.3) is 0 Å². The summed E-state index contributed by atoms with van der Waals surface area (Å²) in [7, 11) is -0.895. The minimum Gasteiger partial charge on any atom is -0.414 e. The zero-order chi connectivity index (χ0) is 18.8. The van der Waals surface area contributed by atoms with Gasteiger partial charge in [0.15, 0.2) is 0 Å². The van der Waals surface area contributed by atoms with Gasteiger partial charge in [-0.1, -0.05) is 68.8 Å². The van der Waals surface area contributed by atoms with E-state index in [1.807, 2.05) is 12.1 Å². The van der Waals surface area contributed by atoms with Gasteiger partial charge in [0.25, 0.3) is 0 Å². The Morgan fingerprint density at radius 1 is 0.960 bits per heavy atom. The second kappa shape index (κ2) is 7.44. The Balaban J connectivity index is 2.56. The van der Waals surface area contributed by atoms with Crippen LogP contribution >= 0.6 is 0 Å². The van der Waals surface area contributed by atoms with Gasteiger partial charge in [0.2, 0.25) is 9.04 Å². The third-order valence-electron chi connectivity index (χ3n) is 4.60. The van der Waals surface area contributed by atoms with Crippen LogP contribution in [0.4, 0.5) is 0 Å². The third kappa shape index (κ3) is 4.60. The lowest BCUT2D eigenvalue weighted by Gasteiger charge is -2.32. The molecule has 0 amide bonds. The highest BCUT2D eigenvalue weighted by Gasteiger charge is 2.34. The first-order valence-electron chi connectivity index (χ1n) is 8.88. The summed E-state index contributed by atoms with van der Waals surface area (Å²) >= 11 is 0. The Morgan fingerprint density at radius 2 is 1.64 bits per heavy atom. The van der Waals surface area contributed by atoms with E-state index in [9.17, 15) is 5.11 Å². The molecule has 1 atom stereocenters. The molecular formula is C22H31O2Si. The van der Waals surface area contributed by atoms with E-state index in [4.69, 9.17) is 4.43 Å². The van der Waals surface area contributed by atoms with E-state index in [1.54, 1.807) is 0 Å². The van der Waals surface area contributed by atoms with E-state index in [1.165, 1.54) is 5.56 Å². The monoisotopic (exact) mass is 355 g/mol. The van der Waals surface area contributed by atoms with Crippen molar-refractivity contribution < 1.29 is 9.53 Å². The Kier molecular flexibility index (Phi) is 5.92. The maximum atomic E-state index is 11.7. The molecule has 0 saturated carbocycles. The summed E-state index contributed by atoms with van der Waals surface area (Å²) in [6.07, 6.45) is 0. The number of benzene rings is 2. The van der Waals surface area contributed by atoms with Gasteiger partial charge in [-0.05, 0) is 54.6 Å². The molecule has 0 aliphatic heterocycles. The molecule has 0 saturated heterocycles. The summed E-state index contributed by atoms with van der Waals surface area (Å²) in [4.78, 5) is 0. The highest BCUT2D eigenvalue weighted by molar-refractivity contribution is 6.48. The van der Waals surface area contributed by atoms with Crippen molar-refractivity contribution in [1.82, 2.24) is 0 Å². The highest BCUT2D eigenvalue weighted by atomic mass is 28.3. The molecule has 1 N–H and O–H groups in total. The first-order chi connectivity index (χ1) is 11.5. The molecule has 25 heavy (non-hydrogen) atoms. The summed E-state index contributed by atoms with van der Waals surface area (Å²) < 4.78 is 5.96. The van der Waals surface area contributed by atoms with E-state index in [2.05, 4.69) is 78.0 Å². The largest absolute Gasteiger partial charge is 0.414 e. The summed E-state index contributed by atoms with van der Waals surface area (Å²) in [6, 6.07) is 14.5. The average molecular weight is 356 g/mol. The van der Waals surface area contributed by atoms with Crippen LogP contribution in [0.15, 0.2) is 42.5 Å². The van der Waals surface area contributed by atoms with Crippen molar-refractivity contribution in [3.8, 4) is 0 Å². The fourth-order valence-corrected chi connectivity index (χ4v) is 3.56. The minimum absolute atomic E-state index is 0.0875. The molecule has 3 heteroatoms. The molecule has 1 unspecified atom stereocenters. The smallest absolute Gasteiger partial charge is 0.205 e. The standard InChI is InChI=1S/C22H31O2Si/c1-16-9-8-10-19(13-16)22(23,15-24-25(6)7)20-12-11-18(14-17(20)2)21(3,4)5/h8-14,23H,15H2,1-7H3. The molecule has 0 bridgehead atoms. The van der Waals surface area contributed by atoms with Gasteiger partial charge in [0.1, 0.15) is 5.60 Å². The summed E-state index contributed by atoms with van der Waals surface area (Å²) in [5.41, 5.74) is 4.28. The fraction of sp³-hybridized carbons (Fsp3) is 0.455. The number of aryl methyl sites for hydroxylation is 2. The summed E-state index contributed by atoms with van der Waals surface area (Å²) in [6.45, 7) is 15.2. The van der Waals surface area contributed by atoms with Gasteiger partial charge in [-0.15, -0.1) is 0 Å². The predicted octanol–water partition coefficient (Wildman–Crippen LogP) is 5.10. The van der Waals surface area contributed by atoms with Gasteiger partial charge in [-0.3, -0.25) is 0 Å². The Hall–Kier alpha value is -1.42. The fourth-order valence-electron chi connectivity index (χ4n) is 3.06. The molecule has 2 rings (SSSR count). The van der Waals surface area contributed by atoms with Crippen LogP contribution in [-0.4, -0.2) is 20.8 Å². The lowest BCUT2D eigenvalue weighted by atomic mass is 9.80. The molecule has 2 nitrogen and oxygen atoms in total. The molecule has 2 aromatic carbocycles. The van der Waals surface area contributed by atoms with E-state index < -0.39 is 14.6 Å².